The van der Waals surface area contributed by atoms with Gasteiger partial charge in [-0.25, -0.2) is 9.59 Å². The van der Waals surface area contributed by atoms with Crippen molar-refractivity contribution in [1.29, 1.82) is 0 Å². The van der Waals surface area contributed by atoms with Gasteiger partial charge in [-0.05, 0) is 12.8 Å². The topological polar surface area (TPSA) is 71.1 Å². The molecule has 0 aliphatic carbocycles. The second-order valence-electron chi connectivity index (χ2n) is 4.37. The third-order valence-electron chi connectivity index (χ3n) is 2.67. The molecule has 1 aliphatic heterocycles. The third-order valence-corrected chi connectivity index (χ3v) is 2.86. The van der Waals surface area contributed by atoms with E-state index in [-0.39, 0.29) is 18.5 Å². The van der Waals surface area contributed by atoms with E-state index in [2.05, 4.69) is 0 Å². The van der Waals surface area contributed by atoms with Gasteiger partial charge in [0.15, 0.2) is 0 Å². The summed E-state index contributed by atoms with van der Waals surface area (Å²) in [6.07, 6.45) is 0.943. The Balaban J connectivity index is 2.52. The summed E-state index contributed by atoms with van der Waals surface area (Å²) >= 11 is 4.72. The van der Waals surface area contributed by atoms with Crippen LogP contribution in [0.2, 0.25) is 0 Å². The van der Waals surface area contributed by atoms with Crippen molar-refractivity contribution >= 4 is 29.4 Å². The quantitative estimate of drug-likeness (QED) is 0.384. The molecule has 0 aromatic carbocycles. The zero-order valence-electron chi connectivity index (χ0n) is 11.8. The third kappa shape index (κ3) is 4.96. The molecular weight excluding hydrogens is 284 g/mol. The van der Waals surface area contributed by atoms with Crippen LogP contribution in [0.1, 0.15) is 39.5 Å². The highest BCUT2D eigenvalue weighted by molar-refractivity contribution is 7.79. The van der Waals surface area contributed by atoms with E-state index in [0.717, 1.165) is 25.7 Å². The Hall–Kier alpha value is -1.37. The Morgan fingerprint density at radius 2 is 1.40 bits per heavy atom. The Kier molecular flexibility index (Phi) is 7.28. The highest BCUT2D eigenvalue weighted by atomic mass is 32.1. The molecule has 0 spiro atoms. The molecule has 114 valence electrons. The van der Waals surface area contributed by atoms with E-state index in [4.69, 9.17) is 31.2 Å². The lowest BCUT2D eigenvalue weighted by atomic mass is 10.2. The SMILES string of the molecule is CCCCOC(=O)[C@@H]1OC(=S)O[C@H]1C(=O)OCCCC. The second-order valence-corrected chi connectivity index (χ2v) is 4.70. The highest BCUT2D eigenvalue weighted by Crippen LogP contribution is 2.19. The molecule has 6 nitrogen and oxygen atoms in total. The van der Waals surface area contributed by atoms with Gasteiger partial charge in [0.25, 0.3) is 0 Å². The van der Waals surface area contributed by atoms with Crippen LogP contribution in [0.15, 0.2) is 0 Å². The van der Waals surface area contributed by atoms with E-state index in [0.29, 0.717) is 0 Å². The van der Waals surface area contributed by atoms with Crippen molar-refractivity contribution in [1.82, 2.24) is 0 Å². The summed E-state index contributed by atoms with van der Waals surface area (Å²) < 4.78 is 20.1. The van der Waals surface area contributed by atoms with E-state index in [1.54, 1.807) is 0 Å². The van der Waals surface area contributed by atoms with Gasteiger partial charge >= 0.3 is 17.2 Å². The fourth-order valence-electron chi connectivity index (χ4n) is 1.50. The number of ether oxygens (including phenoxy) is 4. The van der Waals surface area contributed by atoms with E-state index in [1.165, 1.54) is 0 Å². The van der Waals surface area contributed by atoms with Crippen LogP contribution in [0.5, 0.6) is 0 Å². The minimum atomic E-state index is -1.17. The fourth-order valence-corrected chi connectivity index (χ4v) is 1.71. The Bertz CT molecular complexity index is 325. The van der Waals surface area contributed by atoms with Gasteiger partial charge < -0.3 is 18.9 Å². The molecule has 1 aliphatic rings. The van der Waals surface area contributed by atoms with Crippen LogP contribution in [0.25, 0.3) is 0 Å². The highest BCUT2D eigenvalue weighted by Gasteiger charge is 2.46. The molecule has 7 heteroatoms. The summed E-state index contributed by atoms with van der Waals surface area (Å²) in [6, 6.07) is 0. The molecule has 2 atom stereocenters. The lowest BCUT2D eigenvalue weighted by Crippen LogP contribution is -2.39. The van der Waals surface area contributed by atoms with Crippen molar-refractivity contribution in [3.05, 3.63) is 0 Å². The monoisotopic (exact) mass is 304 g/mol. The van der Waals surface area contributed by atoms with Crippen LogP contribution in [0.4, 0.5) is 0 Å². The van der Waals surface area contributed by atoms with Crippen LogP contribution in [-0.2, 0) is 28.5 Å². The Labute approximate surface area is 123 Å². The number of carbonyl (C=O) groups is 2. The molecule has 0 bridgehead atoms. The van der Waals surface area contributed by atoms with E-state index >= 15 is 0 Å². The molecule has 20 heavy (non-hydrogen) atoms. The first-order valence-electron chi connectivity index (χ1n) is 6.80. The molecule has 0 amide bonds. The second kappa shape index (κ2) is 8.73. The van der Waals surface area contributed by atoms with Crippen molar-refractivity contribution < 1.29 is 28.5 Å². The van der Waals surface area contributed by atoms with E-state index in [9.17, 15) is 9.59 Å². The molecule has 0 N–H and O–H groups in total. The van der Waals surface area contributed by atoms with Gasteiger partial charge in [0.1, 0.15) is 0 Å². The number of rotatable bonds is 8. The summed E-state index contributed by atoms with van der Waals surface area (Å²) in [5.74, 6) is -1.31. The molecule has 0 aromatic rings. The predicted octanol–water partition coefficient (Wildman–Crippen LogP) is 1.74. The van der Waals surface area contributed by atoms with Crippen LogP contribution in [-0.4, -0.2) is 42.6 Å². The molecule has 1 saturated heterocycles. The van der Waals surface area contributed by atoms with Gasteiger partial charge in [-0.15, -0.1) is 0 Å². The maximum atomic E-state index is 11.8. The molecule has 1 fully saturated rings. The lowest BCUT2D eigenvalue weighted by molar-refractivity contribution is -0.163. The maximum Gasteiger partial charge on any atom is 0.354 e. The Morgan fingerprint density at radius 3 is 1.75 bits per heavy atom. The molecule has 0 radical (unpaired) electrons. The smallest absolute Gasteiger partial charge is 0.354 e. The first kappa shape index (κ1) is 16.7. The predicted molar refractivity (Wildman–Crippen MR) is 74.1 cm³/mol. The number of esters is 2. The molecule has 0 aromatic heterocycles. The number of hydrogen-bond acceptors (Lipinski definition) is 7. The van der Waals surface area contributed by atoms with Gasteiger partial charge in [0.05, 0.1) is 13.2 Å². The standard InChI is InChI=1S/C13H20O6S/c1-3-5-7-16-11(14)9-10(19-13(20)18-9)12(15)17-8-6-4-2/h9-10H,3-8H2,1-2H3/t9-,10-/m1/s1. The lowest BCUT2D eigenvalue weighted by Gasteiger charge is -2.14. The number of carbonyl (C=O) groups excluding carboxylic acids is 2. The normalized spacial score (nSPS) is 21.0. The van der Waals surface area contributed by atoms with E-state index < -0.39 is 24.1 Å². The number of unbranched alkanes of at least 4 members (excludes halogenated alkanes) is 2. The minimum Gasteiger partial charge on any atom is -0.463 e. The van der Waals surface area contributed by atoms with Crippen LogP contribution in [0, 0.1) is 0 Å². The summed E-state index contributed by atoms with van der Waals surface area (Å²) in [7, 11) is 0. The Morgan fingerprint density at radius 1 is 1.00 bits per heavy atom. The molecule has 0 saturated carbocycles. The van der Waals surface area contributed by atoms with Gasteiger partial charge in [0.2, 0.25) is 12.2 Å². The largest absolute Gasteiger partial charge is 0.463 e. The van der Waals surface area contributed by atoms with Crippen molar-refractivity contribution in [2.75, 3.05) is 13.2 Å². The summed E-state index contributed by atoms with van der Waals surface area (Å²) in [5.41, 5.74) is 0. The van der Waals surface area contributed by atoms with Crippen LogP contribution < -0.4 is 0 Å². The molecule has 1 rings (SSSR count). The van der Waals surface area contributed by atoms with Gasteiger partial charge in [-0.3, -0.25) is 0 Å². The molecule has 1 heterocycles. The number of hydrogen-bond donors (Lipinski definition) is 0. The number of thiocarbonyl (C=S) groups is 1. The summed E-state index contributed by atoms with van der Waals surface area (Å²) in [6.45, 7) is 4.51. The van der Waals surface area contributed by atoms with Crippen molar-refractivity contribution in [2.24, 2.45) is 0 Å². The van der Waals surface area contributed by atoms with Crippen molar-refractivity contribution in [2.45, 2.75) is 51.7 Å². The fraction of sp³-hybridized carbons (Fsp3) is 0.769. The zero-order valence-corrected chi connectivity index (χ0v) is 12.6. The molecule has 0 unspecified atom stereocenters. The van der Waals surface area contributed by atoms with Crippen molar-refractivity contribution in [3.8, 4) is 0 Å². The van der Waals surface area contributed by atoms with Gasteiger partial charge in [-0.1, -0.05) is 26.7 Å². The molecular formula is C13H20O6S. The maximum absolute atomic E-state index is 11.8. The summed E-state index contributed by atoms with van der Waals surface area (Å²) in [4.78, 5) is 23.6. The zero-order chi connectivity index (χ0) is 15.0. The minimum absolute atomic E-state index is 0.236. The average molecular weight is 304 g/mol. The first-order valence-corrected chi connectivity index (χ1v) is 7.21. The average Bonchev–Trinajstić information content (AvgIpc) is 2.81. The summed E-state index contributed by atoms with van der Waals surface area (Å²) in [5, 5.41) is -0.236. The first-order chi connectivity index (χ1) is 9.60. The van der Waals surface area contributed by atoms with Crippen LogP contribution in [0.3, 0.4) is 0 Å². The van der Waals surface area contributed by atoms with Crippen molar-refractivity contribution in [3.63, 3.8) is 0 Å². The van der Waals surface area contributed by atoms with Gasteiger partial charge in [-0.2, -0.15) is 0 Å². The van der Waals surface area contributed by atoms with E-state index in [1.807, 2.05) is 13.8 Å². The van der Waals surface area contributed by atoms with Gasteiger partial charge in [0, 0.05) is 12.2 Å². The van der Waals surface area contributed by atoms with Crippen LogP contribution >= 0.6 is 12.2 Å².